The van der Waals surface area contributed by atoms with Crippen molar-refractivity contribution in [3.05, 3.63) is 29.3 Å². The molecule has 0 spiro atoms. The molecule has 1 aromatic carbocycles. The molecule has 0 aromatic heterocycles. The van der Waals surface area contributed by atoms with Crippen LogP contribution in [0.4, 0.5) is 4.79 Å². The van der Waals surface area contributed by atoms with E-state index in [1.54, 1.807) is 52.8 Å². The molecule has 1 aliphatic carbocycles. The van der Waals surface area contributed by atoms with Crippen LogP contribution in [0.25, 0.3) is 0 Å². The number of hydrogen-bond acceptors (Lipinski definition) is 8. The highest BCUT2D eigenvalue weighted by Gasteiger charge is 2.44. The van der Waals surface area contributed by atoms with Crippen molar-refractivity contribution >= 4 is 36.5 Å². The van der Waals surface area contributed by atoms with Gasteiger partial charge in [-0.05, 0) is 53.0 Å². The molecule has 1 aliphatic rings. The lowest BCUT2D eigenvalue weighted by Crippen LogP contribution is -2.54. The molecular formula is C25H37N3O7S. The number of thiol groups is 1. The third-order valence-corrected chi connectivity index (χ3v) is 5.76. The molecule has 10 nitrogen and oxygen atoms in total. The van der Waals surface area contributed by atoms with Crippen LogP contribution < -0.4 is 10.6 Å². The maximum Gasteiger partial charge on any atom is 0.408 e. The number of nitrogens with one attached hydrogen (secondary N) is 2. The fourth-order valence-corrected chi connectivity index (χ4v) is 3.87. The van der Waals surface area contributed by atoms with E-state index in [1.165, 1.54) is 4.90 Å². The molecular weight excluding hydrogens is 486 g/mol. The van der Waals surface area contributed by atoms with Gasteiger partial charge in [0.05, 0.1) is 13.0 Å². The average molecular weight is 524 g/mol. The van der Waals surface area contributed by atoms with Gasteiger partial charge < -0.3 is 30.1 Å². The average Bonchev–Trinajstić information content (AvgIpc) is 3.61. The van der Waals surface area contributed by atoms with Crippen LogP contribution in [0, 0.1) is 6.92 Å². The summed E-state index contributed by atoms with van der Waals surface area (Å²) < 4.78 is 10.2. The topological polar surface area (TPSA) is 134 Å². The Morgan fingerprint density at radius 2 is 1.89 bits per heavy atom. The summed E-state index contributed by atoms with van der Waals surface area (Å²) in [5.41, 5.74) is 0.0239. The molecule has 1 aromatic rings. The van der Waals surface area contributed by atoms with Gasteiger partial charge in [-0.15, -0.1) is 0 Å². The number of aromatic hydroxyl groups is 1. The van der Waals surface area contributed by atoms with Crippen molar-refractivity contribution in [2.45, 2.75) is 77.6 Å². The zero-order valence-corrected chi connectivity index (χ0v) is 22.4. The first-order valence-electron chi connectivity index (χ1n) is 12.0. The van der Waals surface area contributed by atoms with E-state index in [0.29, 0.717) is 18.4 Å². The number of amides is 3. The molecule has 1 saturated carbocycles. The zero-order valence-electron chi connectivity index (χ0n) is 21.5. The van der Waals surface area contributed by atoms with Crippen molar-refractivity contribution in [1.29, 1.82) is 0 Å². The SMILES string of the molecule is CCOC(=O)CCNC(=O)C(c1cccc(C)c1O)N(C(=O)C(CS)NC(=O)OC(C)(C)C)C1CC1. The van der Waals surface area contributed by atoms with Crippen molar-refractivity contribution in [2.24, 2.45) is 0 Å². The van der Waals surface area contributed by atoms with Gasteiger partial charge in [0.1, 0.15) is 23.4 Å². The molecule has 200 valence electrons. The second-order valence-corrected chi connectivity index (χ2v) is 9.98. The van der Waals surface area contributed by atoms with Gasteiger partial charge in [0, 0.05) is 23.9 Å². The molecule has 0 bridgehead atoms. The normalized spacial score (nSPS) is 14.8. The number of rotatable bonds is 11. The van der Waals surface area contributed by atoms with E-state index in [0.717, 1.165) is 0 Å². The van der Waals surface area contributed by atoms with Crippen molar-refractivity contribution in [3.8, 4) is 5.75 Å². The summed E-state index contributed by atoms with van der Waals surface area (Å²) in [6.07, 6.45) is 0.510. The first-order chi connectivity index (χ1) is 16.9. The summed E-state index contributed by atoms with van der Waals surface area (Å²) in [5, 5.41) is 16.0. The number of benzene rings is 1. The van der Waals surface area contributed by atoms with Crippen molar-refractivity contribution < 1.29 is 33.8 Å². The lowest BCUT2D eigenvalue weighted by atomic mass is 9.99. The molecule has 0 saturated heterocycles. The largest absolute Gasteiger partial charge is 0.507 e. The van der Waals surface area contributed by atoms with Crippen LogP contribution in [-0.2, 0) is 23.9 Å². The molecule has 36 heavy (non-hydrogen) atoms. The number of alkyl carbamates (subject to hydrolysis) is 1. The molecule has 2 atom stereocenters. The molecule has 11 heteroatoms. The summed E-state index contributed by atoms with van der Waals surface area (Å²) >= 11 is 4.25. The number of ether oxygens (including phenoxy) is 2. The molecule has 2 rings (SSSR count). The van der Waals surface area contributed by atoms with Gasteiger partial charge in [-0.25, -0.2) is 4.79 Å². The highest BCUT2D eigenvalue weighted by Crippen LogP contribution is 2.39. The van der Waals surface area contributed by atoms with Gasteiger partial charge >= 0.3 is 12.1 Å². The van der Waals surface area contributed by atoms with Crippen LogP contribution in [0.1, 0.15) is 64.1 Å². The number of hydrogen-bond donors (Lipinski definition) is 4. The van der Waals surface area contributed by atoms with Gasteiger partial charge in [-0.1, -0.05) is 18.2 Å². The Labute approximate surface area is 217 Å². The number of aryl methyl sites for hydroxylation is 1. The number of para-hydroxylation sites is 1. The lowest BCUT2D eigenvalue weighted by Gasteiger charge is -2.34. The predicted molar refractivity (Wildman–Crippen MR) is 137 cm³/mol. The first-order valence-corrected chi connectivity index (χ1v) is 12.7. The summed E-state index contributed by atoms with van der Waals surface area (Å²) in [6.45, 7) is 8.73. The predicted octanol–water partition coefficient (Wildman–Crippen LogP) is 2.63. The van der Waals surface area contributed by atoms with Gasteiger partial charge in [-0.2, -0.15) is 12.6 Å². The minimum absolute atomic E-state index is 0.000400. The van der Waals surface area contributed by atoms with E-state index in [-0.39, 0.29) is 42.7 Å². The molecule has 0 radical (unpaired) electrons. The summed E-state index contributed by atoms with van der Waals surface area (Å²) in [6, 6.07) is 2.45. The summed E-state index contributed by atoms with van der Waals surface area (Å²) in [4.78, 5) is 52.6. The van der Waals surface area contributed by atoms with Crippen LogP contribution in [-0.4, -0.2) is 70.5 Å². The molecule has 0 aliphatic heterocycles. The van der Waals surface area contributed by atoms with E-state index in [1.807, 2.05) is 0 Å². The lowest BCUT2D eigenvalue weighted by molar-refractivity contribution is -0.144. The molecule has 2 unspecified atom stereocenters. The minimum atomic E-state index is -1.19. The van der Waals surface area contributed by atoms with E-state index >= 15 is 0 Å². The Kier molecular flexibility index (Phi) is 10.4. The number of carbonyl (C=O) groups is 4. The first kappa shape index (κ1) is 29.3. The van der Waals surface area contributed by atoms with Crippen molar-refractivity contribution in [2.75, 3.05) is 18.9 Å². The van der Waals surface area contributed by atoms with Crippen LogP contribution in [0.2, 0.25) is 0 Å². The Balaban J connectivity index is 2.36. The quantitative estimate of drug-likeness (QED) is 0.259. The third kappa shape index (κ3) is 8.32. The molecule has 1 fully saturated rings. The molecule has 3 amide bonds. The Morgan fingerprint density at radius 1 is 1.22 bits per heavy atom. The minimum Gasteiger partial charge on any atom is -0.507 e. The van der Waals surface area contributed by atoms with Gasteiger partial charge in [0.15, 0.2) is 0 Å². The zero-order chi connectivity index (χ0) is 27.0. The van der Waals surface area contributed by atoms with Crippen LogP contribution >= 0.6 is 12.6 Å². The smallest absolute Gasteiger partial charge is 0.408 e. The standard InChI is InChI=1S/C25H37N3O7S/c1-6-34-19(29)12-13-26-22(31)20(17-9-7-8-15(2)21(17)30)28(16-10-11-16)23(32)18(14-36)27-24(33)35-25(3,4)5/h7-9,16,18,20,30,36H,6,10-14H2,1-5H3,(H,26,31)(H,27,33). The van der Waals surface area contributed by atoms with Gasteiger partial charge in [0.2, 0.25) is 11.8 Å². The van der Waals surface area contributed by atoms with E-state index in [2.05, 4.69) is 23.3 Å². The second kappa shape index (κ2) is 12.8. The highest BCUT2D eigenvalue weighted by atomic mass is 32.1. The van der Waals surface area contributed by atoms with Crippen molar-refractivity contribution in [1.82, 2.24) is 15.5 Å². The van der Waals surface area contributed by atoms with Crippen molar-refractivity contribution in [3.63, 3.8) is 0 Å². The van der Waals surface area contributed by atoms with E-state index < -0.39 is 41.6 Å². The highest BCUT2D eigenvalue weighted by molar-refractivity contribution is 7.80. The fourth-order valence-electron chi connectivity index (χ4n) is 3.62. The number of phenols is 1. The molecule has 3 N–H and O–H groups in total. The van der Waals surface area contributed by atoms with Crippen LogP contribution in [0.3, 0.4) is 0 Å². The third-order valence-electron chi connectivity index (χ3n) is 5.39. The number of phenolic OH excluding ortho intramolecular Hbond substituents is 1. The Hall–Kier alpha value is -2.95. The maximum absolute atomic E-state index is 13.7. The fraction of sp³-hybridized carbons (Fsp3) is 0.600. The maximum atomic E-state index is 13.7. The summed E-state index contributed by atoms with van der Waals surface area (Å²) in [5.74, 6) is -1.68. The van der Waals surface area contributed by atoms with Gasteiger partial charge in [-0.3, -0.25) is 14.4 Å². The Morgan fingerprint density at radius 3 is 2.44 bits per heavy atom. The summed E-state index contributed by atoms with van der Waals surface area (Å²) in [7, 11) is 0. The number of carbonyl (C=O) groups excluding carboxylic acids is 4. The second-order valence-electron chi connectivity index (χ2n) is 9.62. The van der Waals surface area contributed by atoms with Crippen LogP contribution in [0.15, 0.2) is 18.2 Å². The number of nitrogens with zero attached hydrogens (tertiary/aromatic N) is 1. The monoisotopic (exact) mass is 523 g/mol. The number of esters is 1. The van der Waals surface area contributed by atoms with E-state index in [9.17, 15) is 24.3 Å². The van der Waals surface area contributed by atoms with Crippen LogP contribution in [0.5, 0.6) is 5.75 Å². The van der Waals surface area contributed by atoms with E-state index in [4.69, 9.17) is 9.47 Å². The Bertz CT molecular complexity index is 959. The van der Waals surface area contributed by atoms with Gasteiger partial charge in [0.25, 0.3) is 0 Å². The molecule has 0 heterocycles.